The number of hydrogen-bond donors (Lipinski definition) is 3. The fraction of sp³-hybridized carbons (Fsp3) is 0. The molecule has 3 aromatic rings. The van der Waals surface area contributed by atoms with E-state index in [0.717, 1.165) is 11.3 Å². The first-order valence-corrected chi connectivity index (χ1v) is 8.75. The molecule has 0 spiro atoms. The number of nitro groups is 1. The lowest BCUT2D eigenvalue weighted by atomic mass is 10.1. The van der Waals surface area contributed by atoms with Crippen molar-refractivity contribution in [1.82, 2.24) is 4.98 Å². The van der Waals surface area contributed by atoms with E-state index >= 15 is 0 Å². The molecule has 3 rings (SSSR count). The number of aromatic nitrogens is 1. The predicted molar refractivity (Wildman–Crippen MR) is 108 cm³/mol. The second-order valence-corrected chi connectivity index (χ2v) is 6.35. The summed E-state index contributed by atoms with van der Waals surface area (Å²) in [5.41, 5.74) is 10.0. The molecule has 0 aliphatic rings. The molecule has 0 unspecified atom stereocenters. The van der Waals surface area contributed by atoms with E-state index in [1.54, 1.807) is 6.07 Å². The van der Waals surface area contributed by atoms with Gasteiger partial charge < -0.3 is 5.73 Å². The number of nitro benzene ring substituents is 1. The summed E-state index contributed by atoms with van der Waals surface area (Å²) in [6.45, 7) is 0. The number of nitrogens with zero attached hydrogens (tertiary/aromatic N) is 4. The van der Waals surface area contributed by atoms with Gasteiger partial charge in [0.05, 0.1) is 16.3 Å². The monoisotopic (exact) mass is 391 g/mol. The van der Waals surface area contributed by atoms with Crippen molar-refractivity contribution in [2.45, 2.75) is 0 Å². The number of anilines is 1. The van der Waals surface area contributed by atoms with Crippen LogP contribution < -0.4 is 11.2 Å². The molecule has 0 atom stereocenters. The third-order valence-corrected chi connectivity index (χ3v) is 4.54. The zero-order valence-electron chi connectivity index (χ0n) is 14.3. The molecule has 0 radical (unpaired) electrons. The Morgan fingerprint density at radius 1 is 1.32 bits per heavy atom. The Balaban J connectivity index is 2.04. The summed E-state index contributed by atoms with van der Waals surface area (Å²) in [7, 11) is 0. The molecule has 9 nitrogen and oxygen atoms in total. The number of nitriles is 1. The number of hydrogen-bond acceptors (Lipinski definition) is 8. The van der Waals surface area contributed by atoms with Crippen molar-refractivity contribution in [2.24, 2.45) is 10.8 Å². The van der Waals surface area contributed by atoms with Crippen molar-refractivity contribution in [3.8, 4) is 27.9 Å². The molecule has 28 heavy (non-hydrogen) atoms. The van der Waals surface area contributed by atoms with E-state index in [1.165, 1.54) is 29.5 Å². The smallest absolute Gasteiger partial charge is 0.270 e. The van der Waals surface area contributed by atoms with Gasteiger partial charge in [0.2, 0.25) is 5.71 Å². The number of amidine groups is 1. The molecule has 0 aliphatic heterocycles. The standard InChI is InChI=1S/C18H13N7O2S/c19-9-15(17(20)21)24-23-14-7-6-12(25(26)27)8-13(14)18-22-16(10-28-18)11-4-2-1-3-5-11/h1-8,10,23H,(H3,20,21)/b24-15+. The van der Waals surface area contributed by atoms with Crippen LogP contribution in [0.3, 0.4) is 0 Å². The summed E-state index contributed by atoms with van der Waals surface area (Å²) in [6, 6.07) is 15.4. The lowest BCUT2D eigenvalue weighted by Gasteiger charge is -2.07. The minimum absolute atomic E-state index is 0.104. The van der Waals surface area contributed by atoms with Gasteiger partial charge in [-0.3, -0.25) is 20.9 Å². The Bertz CT molecular complexity index is 1120. The molecule has 1 aromatic heterocycles. The van der Waals surface area contributed by atoms with Crippen LogP contribution in [0.4, 0.5) is 11.4 Å². The largest absolute Gasteiger partial charge is 0.382 e. The van der Waals surface area contributed by atoms with Crippen LogP contribution in [0, 0.1) is 26.9 Å². The average molecular weight is 391 g/mol. The predicted octanol–water partition coefficient (Wildman–Crippen LogP) is 3.61. The van der Waals surface area contributed by atoms with Gasteiger partial charge in [-0.15, -0.1) is 11.3 Å². The normalized spacial score (nSPS) is 10.9. The molecule has 10 heteroatoms. The van der Waals surface area contributed by atoms with E-state index in [4.69, 9.17) is 16.4 Å². The van der Waals surface area contributed by atoms with Crippen molar-refractivity contribution in [2.75, 3.05) is 5.43 Å². The molecule has 0 fully saturated rings. The maximum absolute atomic E-state index is 11.2. The molecule has 0 bridgehead atoms. The first kappa shape index (κ1) is 18.7. The minimum atomic E-state index is -0.501. The van der Waals surface area contributed by atoms with Crippen molar-refractivity contribution in [3.63, 3.8) is 0 Å². The summed E-state index contributed by atoms with van der Waals surface area (Å²) in [4.78, 5) is 15.2. The molecule has 1 heterocycles. The van der Waals surface area contributed by atoms with Crippen molar-refractivity contribution >= 4 is 34.3 Å². The summed E-state index contributed by atoms with van der Waals surface area (Å²) >= 11 is 1.32. The number of rotatable bonds is 6. The second kappa shape index (κ2) is 8.07. The number of hydrazone groups is 1. The third-order valence-electron chi connectivity index (χ3n) is 3.67. The highest BCUT2D eigenvalue weighted by Gasteiger charge is 2.16. The number of thiazole rings is 1. The van der Waals surface area contributed by atoms with Crippen molar-refractivity contribution < 1.29 is 4.92 Å². The molecule has 0 saturated heterocycles. The molecule has 0 amide bonds. The molecule has 0 aliphatic carbocycles. The van der Waals surface area contributed by atoms with Gasteiger partial charge in [0, 0.05) is 28.6 Å². The van der Waals surface area contributed by atoms with Crippen molar-refractivity contribution in [3.05, 3.63) is 64.0 Å². The third kappa shape index (κ3) is 4.00. The van der Waals surface area contributed by atoms with E-state index in [1.807, 2.05) is 35.7 Å². The van der Waals surface area contributed by atoms with Crippen LogP contribution in [0.2, 0.25) is 0 Å². The average Bonchev–Trinajstić information content (AvgIpc) is 3.19. The summed E-state index contributed by atoms with van der Waals surface area (Å²) in [5, 5.41) is 33.6. The lowest BCUT2D eigenvalue weighted by Crippen LogP contribution is -2.21. The van der Waals surface area contributed by atoms with Crippen LogP contribution in [0.25, 0.3) is 21.8 Å². The molecule has 2 aromatic carbocycles. The molecule has 4 N–H and O–H groups in total. The first-order chi connectivity index (χ1) is 13.5. The molecular formula is C18H13N7O2S. The Hall–Kier alpha value is -4.10. The highest BCUT2D eigenvalue weighted by atomic mass is 32.1. The van der Waals surface area contributed by atoms with E-state index in [9.17, 15) is 10.1 Å². The van der Waals surface area contributed by atoms with Gasteiger partial charge in [-0.1, -0.05) is 30.3 Å². The summed E-state index contributed by atoms with van der Waals surface area (Å²) in [5.74, 6) is -0.487. The zero-order chi connectivity index (χ0) is 20.1. The minimum Gasteiger partial charge on any atom is -0.382 e. The van der Waals surface area contributed by atoms with Crippen LogP contribution in [0.5, 0.6) is 0 Å². The number of nitrogens with one attached hydrogen (secondary N) is 2. The van der Waals surface area contributed by atoms with Crippen molar-refractivity contribution in [1.29, 1.82) is 10.7 Å². The van der Waals surface area contributed by atoms with Gasteiger partial charge in [-0.05, 0) is 6.07 Å². The topological polar surface area (TPSA) is 154 Å². The quantitative estimate of drug-likeness (QED) is 0.252. The van der Waals surface area contributed by atoms with Gasteiger partial charge in [0.1, 0.15) is 11.1 Å². The zero-order valence-corrected chi connectivity index (χ0v) is 15.1. The van der Waals surface area contributed by atoms with Gasteiger partial charge in [0.25, 0.3) is 5.69 Å². The number of nitrogens with two attached hydrogens (primary N) is 1. The van der Waals surface area contributed by atoms with Gasteiger partial charge >= 0.3 is 0 Å². The second-order valence-electron chi connectivity index (χ2n) is 5.49. The van der Waals surface area contributed by atoms with Crippen LogP contribution in [0.15, 0.2) is 59.0 Å². The van der Waals surface area contributed by atoms with Gasteiger partial charge in [-0.25, -0.2) is 4.98 Å². The first-order valence-electron chi connectivity index (χ1n) is 7.87. The molecular weight excluding hydrogens is 378 g/mol. The summed E-state index contributed by atoms with van der Waals surface area (Å²) < 4.78 is 0. The maximum atomic E-state index is 11.2. The van der Waals surface area contributed by atoms with Gasteiger partial charge in [0.15, 0.2) is 5.84 Å². The lowest BCUT2D eigenvalue weighted by molar-refractivity contribution is -0.384. The van der Waals surface area contributed by atoms with E-state index < -0.39 is 10.8 Å². The molecule has 0 saturated carbocycles. The Morgan fingerprint density at radius 2 is 2.07 bits per heavy atom. The number of non-ortho nitro benzene ring substituents is 1. The molecule has 138 valence electrons. The fourth-order valence-corrected chi connectivity index (χ4v) is 3.18. The van der Waals surface area contributed by atoms with Crippen LogP contribution in [0.1, 0.15) is 0 Å². The van der Waals surface area contributed by atoms with E-state index in [0.29, 0.717) is 16.3 Å². The highest BCUT2D eigenvalue weighted by molar-refractivity contribution is 7.13. The fourth-order valence-electron chi connectivity index (χ4n) is 2.32. The SMILES string of the molecule is N#C/C(=N\Nc1ccc([N+](=O)[O-])cc1-c1nc(-c2ccccc2)cs1)C(=N)N. The Labute approximate surface area is 163 Å². The van der Waals surface area contributed by atoms with E-state index in [-0.39, 0.29) is 11.4 Å². The Morgan fingerprint density at radius 3 is 2.71 bits per heavy atom. The maximum Gasteiger partial charge on any atom is 0.270 e. The van der Waals surface area contributed by atoms with Crippen LogP contribution >= 0.6 is 11.3 Å². The number of benzene rings is 2. The summed E-state index contributed by atoms with van der Waals surface area (Å²) in [6.07, 6.45) is 0. The van der Waals surface area contributed by atoms with E-state index in [2.05, 4.69) is 15.5 Å². The highest BCUT2D eigenvalue weighted by Crippen LogP contribution is 2.35. The Kier molecular flexibility index (Phi) is 5.38. The van der Waals surface area contributed by atoms with Crippen LogP contribution in [-0.4, -0.2) is 21.5 Å². The van der Waals surface area contributed by atoms with Crippen LogP contribution in [-0.2, 0) is 0 Å². The van der Waals surface area contributed by atoms with Gasteiger partial charge in [-0.2, -0.15) is 10.4 Å².